The minimum Gasteiger partial charge on any atom is -0.361 e. The molecule has 164 valence electrons. The summed E-state index contributed by atoms with van der Waals surface area (Å²) in [6, 6.07) is 8.43. The summed E-state index contributed by atoms with van der Waals surface area (Å²) in [6.07, 6.45) is 1.70. The van der Waals surface area contributed by atoms with E-state index in [4.69, 9.17) is 5.26 Å². The van der Waals surface area contributed by atoms with Crippen molar-refractivity contribution in [2.24, 2.45) is 0 Å². The molecule has 31 heavy (non-hydrogen) atoms. The molecule has 0 aliphatic carbocycles. The quantitative estimate of drug-likeness (QED) is 0.602. The third-order valence-electron chi connectivity index (χ3n) is 5.11. The third kappa shape index (κ3) is 5.13. The van der Waals surface area contributed by atoms with Gasteiger partial charge in [0.25, 0.3) is 5.91 Å². The first-order chi connectivity index (χ1) is 14.7. The van der Waals surface area contributed by atoms with Crippen LogP contribution in [0, 0.1) is 25.2 Å². The number of nitrogens with zero attached hydrogens (tertiary/aromatic N) is 2. The number of nitriles is 1. The molecule has 1 aliphatic rings. The molecule has 9 nitrogen and oxygen atoms in total. The van der Waals surface area contributed by atoms with Gasteiger partial charge in [-0.3, -0.25) is 9.59 Å². The number of aryl methyl sites for hydroxylation is 2. The summed E-state index contributed by atoms with van der Waals surface area (Å²) in [6.45, 7) is 4.38. The third-order valence-corrected chi connectivity index (χ3v) is 6.75. The molecule has 1 saturated heterocycles. The molecule has 0 saturated carbocycles. The molecule has 2 amide bonds. The molecule has 1 aromatic carbocycles. The van der Waals surface area contributed by atoms with Crippen LogP contribution in [0.5, 0.6) is 0 Å². The Morgan fingerprint density at radius 3 is 2.58 bits per heavy atom. The first kappa shape index (κ1) is 22.5. The molecule has 2 heterocycles. The van der Waals surface area contributed by atoms with Crippen LogP contribution in [-0.4, -0.2) is 49.8 Å². The molecule has 1 aliphatic heterocycles. The lowest BCUT2D eigenvalue weighted by atomic mass is 10.2. The Kier molecular flexibility index (Phi) is 6.77. The summed E-state index contributed by atoms with van der Waals surface area (Å²) in [7, 11) is -4.01. The van der Waals surface area contributed by atoms with E-state index >= 15 is 0 Å². The number of hydrogen-bond acceptors (Lipinski definition) is 5. The predicted molar refractivity (Wildman–Crippen MR) is 115 cm³/mol. The standard InChI is InChI=1S/C21H25N5O4S/c1-14-19(21(28)26-10-3-4-11-26)20(15(2)24-14)31(29,30)23-9-8-18(27)25-17-7-5-6-16(12-17)13-22/h5-7,12,23-24H,3-4,8-11H2,1-2H3,(H,25,27). The molecule has 0 atom stereocenters. The Morgan fingerprint density at radius 2 is 1.90 bits per heavy atom. The average molecular weight is 444 g/mol. The summed E-state index contributed by atoms with van der Waals surface area (Å²) in [5.74, 6) is -0.692. The fourth-order valence-electron chi connectivity index (χ4n) is 3.69. The van der Waals surface area contributed by atoms with E-state index in [9.17, 15) is 18.0 Å². The number of benzene rings is 1. The van der Waals surface area contributed by atoms with E-state index in [2.05, 4.69) is 15.0 Å². The SMILES string of the molecule is Cc1[nH]c(C)c(S(=O)(=O)NCCC(=O)Nc2cccc(C#N)c2)c1C(=O)N1CCCC1. The second-order valence-electron chi connectivity index (χ2n) is 7.47. The number of carbonyl (C=O) groups excluding carboxylic acids is 2. The summed E-state index contributed by atoms with van der Waals surface area (Å²) in [5, 5.41) is 11.6. The van der Waals surface area contributed by atoms with Gasteiger partial charge in [-0.05, 0) is 44.9 Å². The fraction of sp³-hybridized carbons (Fsp3) is 0.381. The van der Waals surface area contributed by atoms with Crippen LogP contribution in [0.15, 0.2) is 29.2 Å². The van der Waals surface area contributed by atoms with E-state index in [1.54, 1.807) is 36.9 Å². The van der Waals surface area contributed by atoms with Crippen LogP contribution in [0.1, 0.15) is 46.6 Å². The van der Waals surface area contributed by atoms with Crippen LogP contribution >= 0.6 is 0 Å². The zero-order valence-corrected chi connectivity index (χ0v) is 18.3. The van der Waals surface area contributed by atoms with Crippen molar-refractivity contribution in [1.29, 1.82) is 5.26 Å². The van der Waals surface area contributed by atoms with Gasteiger partial charge < -0.3 is 15.2 Å². The monoisotopic (exact) mass is 443 g/mol. The maximum Gasteiger partial charge on any atom is 0.257 e. The van der Waals surface area contributed by atoms with Gasteiger partial charge in [-0.1, -0.05) is 6.07 Å². The molecule has 2 aromatic rings. The Balaban J connectivity index is 1.68. The molecular weight excluding hydrogens is 418 g/mol. The number of rotatable bonds is 7. The Morgan fingerprint density at radius 1 is 1.19 bits per heavy atom. The minimum atomic E-state index is -4.01. The summed E-state index contributed by atoms with van der Waals surface area (Å²) < 4.78 is 28.3. The molecule has 10 heteroatoms. The molecule has 0 spiro atoms. The van der Waals surface area contributed by atoms with Crippen molar-refractivity contribution < 1.29 is 18.0 Å². The van der Waals surface area contributed by atoms with Crippen LogP contribution in [-0.2, 0) is 14.8 Å². The van der Waals surface area contributed by atoms with Gasteiger partial charge in [0, 0.05) is 43.1 Å². The van der Waals surface area contributed by atoms with Crippen molar-refractivity contribution in [2.75, 3.05) is 25.0 Å². The molecule has 0 unspecified atom stereocenters. The maximum absolute atomic E-state index is 13.0. The van der Waals surface area contributed by atoms with Crippen LogP contribution < -0.4 is 10.0 Å². The second kappa shape index (κ2) is 9.32. The van der Waals surface area contributed by atoms with E-state index in [0.717, 1.165) is 12.8 Å². The van der Waals surface area contributed by atoms with E-state index in [-0.39, 0.29) is 29.3 Å². The molecule has 1 fully saturated rings. The van der Waals surface area contributed by atoms with Crippen LogP contribution in [0.2, 0.25) is 0 Å². The topological polar surface area (TPSA) is 135 Å². The van der Waals surface area contributed by atoms with Gasteiger partial charge in [0.05, 0.1) is 17.2 Å². The molecule has 0 radical (unpaired) electrons. The lowest BCUT2D eigenvalue weighted by Crippen LogP contribution is -2.32. The van der Waals surface area contributed by atoms with Crippen LogP contribution in [0.3, 0.4) is 0 Å². The minimum absolute atomic E-state index is 0.0657. The molecule has 1 aromatic heterocycles. The number of sulfonamides is 1. The summed E-state index contributed by atoms with van der Waals surface area (Å²) in [5.41, 5.74) is 1.91. The fourth-order valence-corrected chi connectivity index (χ4v) is 5.17. The van der Waals surface area contributed by atoms with Gasteiger partial charge in [-0.15, -0.1) is 0 Å². The number of H-pyrrole nitrogens is 1. The van der Waals surface area contributed by atoms with E-state index in [0.29, 0.717) is 35.7 Å². The van der Waals surface area contributed by atoms with Crippen molar-refractivity contribution in [3.05, 3.63) is 46.8 Å². The highest BCUT2D eigenvalue weighted by Gasteiger charge is 2.32. The van der Waals surface area contributed by atoms with E-state index in [1.165, 1.54) is 6.07 Å². The number of aromatic amines is 1. The van der Waals surface area contributed by atoms with Gasteiger partial charge >= 0.3 is 0 Å². The van der Waals surface area contributed by atoms with Gasteiger partial charge in [-0.2, -0.15) is 5.26 Å². The number of carbonyl (C=O) groups is 2. The van der Waals surface area contributed by atoms with Crippen LogP contribution in [0.4, 0.5) is 5.69 Å². The van der Waals surface area contributed by atoms with Gasteiger partial charge in [0.1, 0.15) is 4.90 Å². The van der Waals surface area contributed by atoms with Gasteiger partial charge in [-0.25, -0.2) is 13.1 Å². The first-order valence-electron chi connectivity index (χ1n) is 10.0. The van der Waals surface area contributed by atoms with Crippen molar-refractivity contribution >= 4 is 27.5 Å². The summed E-state index contributed by atoms with van der Waals surface area (Å²) >= 11 is 0. The smallest absolute Gasteiger partial charge is 0.257 e. The van der Waals surface area contributed by atoms with Crippen LogP contribution in [0.25, 0.3) is 0 Å². The summed E-state index contributed by atoms with van der Waals surface area (Å²) in [4.78, 5) is 29.6. The number of likely N-dealkylation sites (tertiary alicyclic amines) is 1. The number of nitrogens with one attached hydrogen (secondary N) is 3. The highest BCUT2D eigenvalue weighted by molar-refractivity contribution is 7.89. The number of anilines is 1. The highest BCUT2D eigenvalue weighted by Crippen LogP contribution is 2.26. The molecule has 3 N–H and O–H groups in total. The Labute approximate surface area is 181 Å². The zero-order valence-electron chi connectivity index (χ0n) is 17.5. The number of aromatic nitrogens is 1. The van der Waals surface area contributed by atoms with Crippen molar-refractivity contribution in [3.8, 4) is 6.07 Å². The Bertz CT molecular complexity index is 1140. The van der Waals surface area contributed by atoms with Crippen molar-refractivity contribution in [2.45, 2.75) is 38.0 Å². The lowest BCUT2D eigenvalue weighted by molar-refractivity contribution is -0.116. The van der Waals surface area contributed by atoms with Crippen molar-refractivity contribution in [3.63, 3.8) is 0 Å². The van der Waals surface area contributed by atoms with E-state index in [1.807, 2.05) is 6.07 Å². The normalized spacial score (nSPS) is 13.8. The second-order valence-corrected chi connectivity index (χ2v) is 9.17. The lowest BCUT2D eigenvalue weighted by Gasteiger charge is -2.17. The zero-order chi connectivity index (χ0) is 22.6. The van der Waals surface area contributed by atoms with E-state index < -0.39 is 15.9 Å². The molecular formula is C21H25N5O4S. The Hall–Kier alpha value is -3.16. The van der Waals surface area contributed by atoms with Gasteiger partial charge in [0.2, 0.25) is 15.9 Å². The number of hydrogen-bond donors (Lipinski definition) is 3. The van der Waals surface area contributed by atoms with Gasteiger partial charge in [0.15, 0.2) is 0 Å². The maximum atomic E-state index is 13.0. The largest absolute Gasteiger partial charge is 0.361 e. The average Bonchev–Trinajstić information content (AvgIpc) is 3.35. The molecule has 0 bridgehead atoms. The first-order valence-corrected chi connectivity index (χ1v) is 11.5. The predicted octanol–water partition coefficient (Wildman–Crippen LogP) is 2.05. The van der Waals surface area contributed by atoms with Crippen molar-refractivity contribution in [1.82, 2.24) is 14.6 Å². The highest BCUT2D eigenvalue weighted by atomic mass is 32.2. The number of amides is 2. The molecule has 3 rings (SSSR count).